The smallest absolute Gasteiger partial charge is 0.324 e. The first-order chi connectivity index (χ1) is 32.8. The Balaban J connectivity index is 1.32. The van der Waals surface area contributed by atoms with Gasteiger partial charge in [-0.25, -0.2) is 0 Å². The number of aryl methyl sites for hydroxylation is 2. The third-order valence-electron chi connectivity index (χ3n) is 9.90. The molecule has 0 aromatic heterocycles. The minimum atomic E-state index is -4.91. The van der Waals surface area contributed by atoms with Crippen LogP contribution in [0.15, 0.2) is 105 Å². The van der Waals surface area contributed by atoms with Crippen LogP contribution in [0.4, 0.5) is 60.5 Å². The zero-order valence-electron chi connectivity index (χ0n) is 36.7. The number of carbonyl (C=O) groups excluding carboxylic acids is 6. The number of alkyl halides is 6. The molecule has 2 atom stereocenters. The molecule has 2 unspecified atom stereocenters. The van der Waals surface area contributed by atoms with Crippen molar-refractivity contribution in [2.24, 2.45) is 20.5 Å². The van der Waals surface area contributed by atoms with Gasteiger partial charge in [0.2, 0.25) is 12.1 Å². The molecule has 0 fully saturated rings. The van der Waals surface area contributed by atoms with E-state index < -0.39 is 92.2 Å². The van der Waals surface area contributed by atoms with Gasteiger partial charge in [0.15, 0.2) is 11.6 Å². The van der Waals surface area contributed by atoms with Crippen LogP contribution in [0.1, 0.15) is 70.7 Å². The van der Waals surface area contributed by atoms with Crippen molar-refractivity contribution in [3.63, 3.8) is 0 Å². The van der Waals surface area contributed by atoms with E-state index in [1.807, 2.05) is 0 Å². The van der Waals surface area contributed by atoms with Crippen LogP contribution < -0.4 is 21.3 Å². The van der Waals surface area contributed by atoms with Crippen molar-refractivity contribution in [1.29, 1.82) is 0 Å². The molecular formula is C46H36Cl4F6N8O6. The number of carbonyl (C=O) groups is 6. The standard InChI is InChI=1S/C46H36Cl4F6N8O6/c1-5-23-17-27(57-43(69)38(21(3)65)63-61-25-13-15-30(47)28(19-25)41(67)58-34-11-7-9-32(49)36(34)45(51,52)53)18-24(6-2)40(23)60-44(70)39(22(4)66)64-62-26-14-16-31(48)29(20-26)42(68)59-35-12-8-10-33(50)37(35)46(54,55)56/h7-20,38-39H,5-6H2,1-4H3,(H,57,69)(H,58,67)(H,59,68)(H,60,70). The highest BCUT2D eigenvalue weighted by molar-refractivity contribution is 6.35. The first-order valence-electron chi connectivity index (χ1n) is 20.4. The summed E-state index contributed by atoms with van der Waals surface area (Å²) >= 11 is 23.9. The molecule has 0 aliphatic heterocycles. The van der Waals surface area contributed by atoms with Crippen LogP contribution in [0.3, 0.4) is 0 Å². The van der Waals surface area contributed by atoms with Crippen molar-refractivity contribution in [3.8, 4) is 0 Å². The molecule has 5 aromatic rings. The lowest BCUT2D eigenvalue weighted by Crippen LogP contribution is -2.33. The number of Topliss-reactive ketones (excluding diaryl/α,β-unsaturated/α-hetero) is 2. The summed E-state index contributed by atoms with van der Waals surface area (Å²) < 4.78 is 82.2. The number of azo groups is 2. The van der Waals surface area contributed by atoms with Gasteiger partial charge in [-0.15, -0.1) is 0 Å². The van der Waals surface area contributed by atoms with E-state index in [0.717, 1.165) is 50.2 Å². The van der Waals surface area contributed by atoms with Crippen LogP contribution in [-0.4, -0.2) is 47.3 Å². The van der Waals surface area contributed by atoms with E-state index in [4.69, 9.17) is 46.4 Å². The molecule has 24 heteroatoms. The molecule has 0 saturated carbocycles. The Labute approximate surface area is 414 Å². The average molecular weight is 1050 g/mol. The van der Waals surface area contributed by atoms with Gasteiger partial charge in [-0.05, 0) is 111 Å². The largest absolute Gasteiger partial charge is 0.419 e. The van der Waals surface area contributed by atoms with Crippen molar-refractivity contribution in [1.82, 2.24) is 0 Å². The maximum Gasteiger partial charge on any atom is 0.419 e. The number of nitrogens with zero attached hydrogens (tertiary/aromatic N) is 4. The fraction of sp³-hybridized carbons (Fsp3) is 0.217. The normalized spacial score (nSPS) is 12.7. The van der Waals surface area contributed by atoms with E-state index in [1.54, 1.807) is 13.8 Å². The molecule has 0 heterocycles. The Morgan fingerprint density at radius 2 is 0.914 bits per heavy atom. The van der Waals surface area contributed by atoms with Gasteiger partial charge in [0.05, 0.1) is 65.1 Å². The van der Waals surface area contributed by atoms with Crippen LogP contribution in [0.2, 0.25) is 20.1 Å². The summed E-state index contributed by atoms with van der Waals surface area (Å²) in [6.45, 7) is 5.63. The van der Waals surface area contributed by atoms with E-state index in [1.165, 1.54) is 48.5 Å². The maximum absolute atomic E-state index is 13.7. The Kier molecular flexibility index (Phi) is 17.6. The first-order valence-corrected chi connectivity index (χ1v) is 21.9. The quantitative estimate of drug-likeness (QED) is 0.0430. The highest BCUT2D eigenvalue weighted by Gasteiger charge is 2.38. The molecule has 0 saturated heterocycles. The third-order valence-corrected chi connectivity index (χ3v) is 11.2. The summed E-state index contributed by atoms with van der Waals surface area (Å²) in [4.78, 5) is 78.8. The number of halogens is 10. The molecule has 366 valence electrons. The lowest BCUT2D eigenvalue weighted by Gasteiger charge is -2.19. The first kappa shape index (κ1) is 54.2. The van der Waals surface area contributed by atoms with Crippen LogP contribution in [0, 0.1) is 0 Å². The second-order valence-electron chi connectivity index (χ2n) is 14.9. The molecule has 5 rings (SSSR count). The van der Waals surface area contributed by atoms with Crippen molar-refractivity contribution in [2.75, 3.05) is 21.3 Å². The summed E-state index contributed by atoms with van der Waals surface area (Å²) in [5.74, 6) is -5.45. The van der Waals surface area contributed by atoms with Gasteiger partial charge < -0.3 is 21.3 Å². The molecule has 4 N–H and O–H groups in total. The van der Waals surface area contributed by atoms with E-state index in [0.29, 0.717) is 11.1 Å². The van der Waals surface area contributed by atoms with E-state index in [2.05, 4.69) is 41.7 Å². The molecule has 0 aliphatic carbocycles. The van der Waals surface area contributed by atoms with Crippen molar-refractivity contribution < 1.29 is 55.1 Å². The number of hydrogen-bond donors (Lipinski definition) is 4. The highest BCUT2D eigenvalue weighted by Crippen LogP contribution is 2.42. The number of nitrogens with one attached hydrogen (secondary N) is 4. The predicted molar refractivity (Wildman–Crippen MR) is 252 cm³/mol. The Hall–Kier alpha value is -6.74. The van der Waals surface area contributed by atoms with Crippen LogP contribution in [-0.2, 0) is 44.4 Å². The van der Waals surface area contributed by atoms with Crippen LogP contribution >= 0.6 is 46.4 Å². The number of anilines is 4. The number of rotatable bonds is 16. The zero-order valence-corrected chi connectivity index (χ0v) is 39.7. The summed E-state index contributed by atoms with van der Waals surface area (Å²) in [5, 5.41) is 23.6. The monoisotopic (exact) mass is 1050 g/mol. The fourth-order valence-corrected chi connectivity index (χ4v) is 7.53. The molecular weight excluding hydrogens is 1020 g/mol. The number of ketones is 2. The summed E-state index contributed by atoms with van der Waals surface area (Å²) in [7, 11) is 0. The van der Waals surface area contributed by atoms with Gasteiger partial charge in [0.1, 0.15) is 0 Å². The lowest BCUT2D eigenvalue weighted by atomic mass is 10.0. The summed E-state index contributed by atoms with van der Waals surface area (Å²) in [5.41, 5.74) is -3.26. The van der Waals surface area contributed by atoms with Gasteiger partial charge in [-0.3, -0.25) is 28.8 Å². The highest BCUT2D eigenvalue weighted by atomic mass is 35.5. The van der Waals surface area contributed by atoms with Gasteiger partial charge in [-0.2, -0.15) is 46.8 Å². The van der Waals surface area contributed by atoms with E-state index >= 15 is 0 Å². The number of amides is 4. The Morgan fingerprint density at radius 1 is 0.529 bits per heavy atom. The molecule has 4 amide bonds. The van der Waals surface area contributed by atoms with Gasteiger partial charge >= 0.3 is 12.4 Å². The topological polar surface area (TPSA) is 200 Å². The van der Waals surface area contributed by atoms with Gasteiger partial charge in [-0.1, -0.05) is 72.4 Å². The fourth-order valence-electron chi connectivity index (χ4n) is 6.56. The van der Waals surface area contributed by atoms with Crippen molar-refractivity contribution >= 4 is 116 Å². The van der Waals surface area contributed by atoms with Crippen LogP contribution in [0.5, 0.6) is 0 Å². The summed E-state index contributed by atoms with van der Waals surface area (Å²) in [6, 6.07) is 13.1. The Bertz CT molecular complexity index is 2940. The molecule has 0 aliphatic rings. The second-order valence-corrected chi connectivity index (χ2v) is 16.5. The molecule has 70 heavy (non-hydrogen) atoms. The molecule has 0 radical (unpaired) electrons. The number of hydrogen-bond acceptors (Lipinski definition) is 10. The van der Waals surface area contributed by atoms with Crippen molar-refractivity contribution in [2.45, 2.75) is 65.0 Å². The van der Waals surface area contributed by atoms with Crippen molar-refractivity contribution in [3.05, 3.63) is 138 Å². The third kappa shape index (κ3) is 13.3. The van der Waals surface area contributed by atoms with E-state index in [-0.39, 0.29) is 56.8 Å². The number of benzene rings is 5. The average Bonchev–Trinajstić information content (AvgIpc) is 3.26. The van der Waals surface area contributed by atoms with Gasteiger partial charge in [0.25, 0.3) is 23.6 Å². The van der Waals surface area contributed by atoms with Crippen LogP contribution in [0.25, 0.3) is 0 Å². The molecule has 0 bridgehead atoms. The maximum atomic E-state index is 13.7. The summed E-state index contributed by atoms with van der Waals surface area (Å²) in [6.07, 6.45) is -9.28. The SMILES string of the molecule is CCc1cc(NC(=O)C(N=Nc2ccc(Cl)c(C(=O)Nc3cccc(Cl)c3C(F)(F)F)c2)C(C)=O)cc(CC)c1NC(=O)C(N=Nc1ccc(Cl)c(C(=O)Nc2cccc(Cl)c2C(F)(F)F)c1)C(C)=O. The molecule has 0 spiro atoms. The minimum absolute atomic E-state index is 0.0936. The Morgan fingerprint density at radius 3 is 1.27 bits per heavy atom. The molecule has 14 nitrogen and oxygen atoms in total. The van der Waals surface area contributed by atoms with E-state index in [9.17, 15) is 55.1 Å². The minimum Gasteiger partial charge on any atom is -0.324 e. The lowest BCUT2D eigenvalue weighted by molar-refractivity contribution is -0.137. The molecule has 5 aromatic carbocycles. The van der Waals surface area contributed by atoms with Gasteiger partial charge in [0, 0.05) is 11.4 Å². The second kappa shape index (κ2) is 22.8. The predicted octanol–water partition coefficient (Wildman–Crippen LogP) is 13.3. The zero-order chi connectivity index (χ0) is 51.8.